The van der Waals surface area contributed by atoms with Crippen molar-refractivity contribution in [3.8, 4) is 0 Å². The largest absolute Gasteiger partial charge is 0.393 e. The Hall–Kier alpha value is -0.900. The van der Waals surface area contributed by atoms with E-state index in [2.05, 4.69) is 185 Å². The summed E-state index contributed by atoms with van der Waals surface area (Å²) in [5.41, 5.74) is 4.14. The van der Waals surface area contributed by atoms with Gasteiger partial charge in [-0.2, -0.15) is 0 Å². The SMILES string of the molecule is C=C(CCC(C)C)C(C)C.CC(C)=CCCC(C)(C)O.CC(C)=CCCC(C)C.CC(C)CCC(O)C(C)(C)C.CC(C)CCCC(C)C.CC1(C)CC[C@@H](C(C)(C)C)O1. The van der Waals surface area contributed by atoms with Crippen molar-refractivity contribution in [3.05, 3.63) is 35.5 Å². The van der Waals surface area contributed by atoms with Crippen molar-refractivity contribution < 1.29 is 14.9 Å². The lowest BCUT2D eigenvalue weighted by atomic mass is 9.85. The zero-order valence-electron chi connectivity index (χ0n) is 46.5. The number of hydrogen-bond acceptors (Lipinski definition) is 3. The van der Waals surface area contributed by atoms with Crippen LogP contribution in [0.4, 0.5) is 0 Å². The van der Waals surface area contributed by atoms with Crippen LogP contribution in [0.3, 0.4) is 0 Å². The van der Waals surface area contributed by atoms with Crippen LogP contribution in [0.2, 0.25) is 0 Å². The third kappa shape index (κ3) is 59.2. The van der Waals surface area contributed by atoms with Gasteiger partial charge in [0.15, 0.2) is 0 Å². The van der Waals surface area contributed by atoms with Gasteiger partial charge in [-0.1, -0.05) is 179 Å². The van der Waals surface area contributed by atoms with Crippen LogP contribution in [-0.2, 0) is 4.74 Å². The van der Waals surface area contributed by atoms with Gasteiger partial charge < -0.3 is 14.9 Å². The second-order valence-electron chi connectivity index (χ2n) is 24.5. The summed E-state index contributed by atoms with van der Waals surface area (Å²) in [6.07, 6.45) is 20.3. The summed E-state index contributed by atoms with van der Waals surface area (Å²) in [5.74, 6) is 4.81. The fraction of sp³-hybridized carbons (Fsp3) is 0.895. The zero-order chi connectivity index (χ0) is 48.7. The highest BCUT2D eigenvalue weighted by Gasteiger charge is 2.37. The second-order valence-corrected chi connectivity index (χ2v) is 24.5. The van der Waals surface area contributed by atoms with Gasteiger partial charge in [-0.3, -0.25) is 0 Å². The maximum absolute atomic E-state index is 9.63. The summed E-state index contributed by atoms with van der Waals surface area (Å²) in [7, 11) is 0. The minimum atomic E-state index is -0.508. The van der Waals surface area contributed by atoms with Crippen LogP contribution < -0.4 is 0 Å². The standard InChI is InChI=1S/C10H20O.C10H22O.C10H20.C9H18O.C9H20.C9H18/c1-9(2,3)8-6-7-10(4,5)11-8;1-8(2)6-7-9(11)10(3,4)5;1-8(2)6-7-10(5)9(3)4;1-8(2)6-5-7-9(3,4)10;2*1-8(2)6-5-7-9(3)4/h8H,6-7H2,1-5H3;8-9,11H,6-7H2,1-5H3;8-9H,5-7H2,1-4H3;6,10H,5,7H2,1-4H3;8-9H,5-7H2,1-4H3;6,9H,5,7H2,1-4H3/t8-;;;;;/m0...../s1. The van der Waals surface area contributed by atoms with E-state index < -0.39 is 5.60 Å². The maximum atomic E-state index is 9.63. The van der Waals surface area contributed by atoms with E-state index in [4.69, 9.17) is 4.74 Å². The van der Waals surface area contributed by atoms with E-state index in [1.807, 2.05) is 13.8 Å². The van der Waals surface area contributed by atoms with Crippen molar-refractivity contribution in [2.24, 2.45) is 46.3 Å². The molecule has 0 amide bonds. The normalized spacial score (nSPS) is 15.4. The Morgan fingerprint density at radius 2 is 1.03 bits per heavy atom. The highest BCUT2D eigenvalue weighted by atomic mass is 16.5. The molecule has 0 saturated carbocycles. The first-order chi connectivity index (χ1) is 26.9. The molecule has 1 aliphatic rings. The Morgan fingerprint density at radius 1 is 0.633 bits per heavy atom. The number of rotatable bonds is 17. The maximum Gasteiger partial charge on any atom is 0.0631 e. The molecule has 1 aliphatic heterocycles. The molecule has 1 heterocycles. The Balaban J connectivity index is -0.000000202. The topological polar surface area (TPSA) is 49.7 Å². The molecule has 0 aromatic rings. The molecule has 0 aliphatic carbocycles. The van der Waals surface area contributed by atoms with Gasteiger partial charge in [0.25, 0.3) is 0 Å². The van der Waals surface area contributed by atoms with Gasteiger partial charge in [0, 0.05) is 0 Å². The van der Waals surface area contributed by atoms with E-state index in [-0.39, 0.29) is 17.1 Å². The van der Waals surface area contributed by atoms with E-state index in [9.17, 15) is 10.2 Å². The third-order valence-electron chi connectivity index (χ3n) is 10.5. The number of aliphatic hydroxyl groups excluding tert-OH is 1. The van der Waals surface area contributed by atoms with Crippen molar-refractivity contribution in [3.63, 3.8) is 0 Å². The first kappa shape index (κ1) is 68.2. The lowest BCUT2D eigenvalue weighted by Crippen LogP contribution is -2.29. The summed E-state index contributed by atoms with van der Waals surface area (Å²) < 4.78 is 5.91. The molecule has 364 valence electrons. The Labute approximate surface area is 382 Å². The number of ether oxygens (including phenoxy) is 1. The van der Waals surface area contributed by atoms with E-state index in [0.717, 1.165) is 49.4 Å². The smallest absolute Gasteiger partial charge is 0.0631 e. The summed E-state index contributed by atoms with van der Waals surface area (Å²) in [6, 6.07) is 0. The highest BCUT2D eigenvalue weighted by Crippen LogP contribution is 2.38. The Kier molecular flexibility index (Phi) is 41.4. The van der Waals surface area contributed by atoms with Crippen molar-refractivity contribution in [1.29, 1.82) is 0 Å². The van der Waals surface area contributed by atoms with Crippen molar-refractivity contribution >= 4 is 0 Å². The molecule has 1 rings (SSSR count). The predicted molar refractivity (Wildman–Crippen MR) is 277 cm³/mol. The molecule has 3 nitrogen and oxygen atoms in total. The Bertz CT molecular complexity index is 1010. The lowest BCUT2D eigenvalue weighted by molar-refractivity contribution is -0.0604. The summed E-state index contributed by atoms with van der Waals surface area (Å²) in [4.78, 5) is 0. The van der Waals surface area contributed by atoms with Gasteiger partial charge in [0.2, 0.25) is 0 Å². The van der Waals surface area contributed by atoms with Crippen molar-refractivity contribution in [1.82, 2.24) is 0 Å². The molecule has 0 spiro atoms. The number of allylic oxidation sites excluding steroid dienone is 5. The van der Waals surface area contributed by atoms with E-state index >= 15 is 0 Å². The molecule has 0 aromatic heterocycles. The van der Waals surface area contributed by atoms with Crippen molar-refractivity contribution in [2.75, 3.05) is 0 Å². The summed E-state index contributed by atoms with van der Waals surface area (Å²) in [5, 5.41) is 18.9. The Morgan fingerprint density at radius 3 is 1.30 bits per heavy atom. The van der Waals surface area contributed by atoms with Crippen molar-refractivity contribution in [2.45, 2.75) is 287 Å². The van der Waals surface area contributed by atoms with Gasteiger partial charge in [-0.05, 0) is 166 Å². The van der Waals surface area contributed by atoms with Crippen LogP contribution >= 0.6 is 0 Å². The quantitative estimate of drug-likeness (QED) is 0.143. The van der Waals surface area contributed by atoms with Crippen LogP contribution in [0, 0.1) is 46.3 Å². The van der Waals surface area contributed by atoms with E-state index in [1.54, 1.807) is 0 Å². The van der Waals surface area contributed by atoms with Crippen LogP contribution in [-0.4, -0.2) is 33.6 Å². The lowest BCUT2D eigenvalue weighted by Gasteiger charge is -2.29. The average molecular weight is 852 g/mol. The number of aliphatic hydroxyl groups is 2. The molecule has 2 N–H and O–H groups in total. The molecule has 0 aromatic carbocycles. The van der Waals surface area contributed by atoms with Gasteiger partial charge in [0.1, 0.15) is 0 Å². The molecule has 0 bridgehead atoms. The van der Waals surface area contributed by atoms with Crippen LogP contribution in [0.25, 0.3) is 0 Å². The molecular formula is C57H118O3. The highest BCUT2D eigenvalue weighted by molar-refractivity contribution is 4.97. The second kappa shape index (κ2) is 36.4. The third-order valence-corrected chi connectivity index (χ3v) is 10.5. The molecule has 1 saturated heterocycles. The molecule has 3 heteroatoms. The molecule has 1 unspecified atom stereocenters. The predicted octanol–water partition coefficient (Wildman–Crippen LogP) is 18.8. The zero-order valence-corrected chi connectivity index (χ0v) is 46.5. The van der Waals surface area contributed by atoms with Crippen LogP contribution in [0.1, 0.15) is 263 Å². The van der Waals surface area contributed by atoms with Crippen LogP contribution in [0.5, 0.6) is 0 Å². The first-order valence-corrected chi connectivity index (χ1v) is 24.9. The molecule has 2 atom stereocenters. The number of hydrogen-bond donors (Lipinski definition) is 2. The minimum Gasteiger partial charge on any atom is -0.393 e. The fourth-order valence-electron chi connectivity index (χ4n) is 5.63. The fourth-order valence-corrected chi connectivity index (χ4v) is 5.63. The van der Waals surface area contributed by atoms with Gasteiger partial charge in [0.05, 0.1) is 23.4 Å². The van der Waals surface area contributed by atoms with E-state index in [1.165, 1.54) is 74.5 Å². The first-order valence-electron chi connectivity index (χ1n) is 24.9. The van der Waals surface area contributed by atoms with E-state index in [0.29, 0.717) is 23.4 Å². The average Bonchev–Trinajstić information content (AvgIpc) is 3.42. The molecule has 60 heavy (non-hydrogen) atoms. The molecular weight excluding hydrogens is 733 g/mol. The van der Waals surface area contributed by atoms with Gasteiger partial charge in [-0.15, -0.1) is 0 Å². The van der Waals surface area contributed by atoms with Crippen LogP contribution in [0.15, 0.2) is 35.5 Å². The molecule has 0 radical (unpaired) electrons. The van der Waals surface area contributed by atoms with Gasteiger partial charge in [-0.25, -0.2) is 0 Å². The monoisotopic (exact) mass is 851 g/mol. The minimum absolute atomic E-state index is 0.0505. The summed E-state index contributed by atoms with van der Waals surface area (Å²) >= 11 is 0. The molecule has 1 fully saturated rings. The summed E-state index contributed by atoms with van der Waals surface area (Å²) in [6.45, 7) is 60.5. The van der Waals surface area contributed by atoms with Gasteiger partial charge >= 0.3 is 0 Å².